The highest BCUT2D eigenvalue weighted by molar-refractivity contribution is 7.13. The summed E-state index contributed by atoms with van der Waals surface area (Å²) in [6.07, 6.45) is 0.743. The Kier molecular flexibility index (Phi) is 3.12. The fourth-order valence-corrected chi connectivity index (χ4v) is 2.33. The number of aromatic nitrogens is 1. The minimum absolute atomic E-state index is 0.531. The Balaban J connectivity index is 2.33. The summed E-state index contributed by atoms with van der Waals surface area (Å²) in [5, 5.41) is 0. The fraction of sp³-hybridized carbons (Fsp3) is 0.167. The molecule has 3 nitrogen and oxygen atoms in total. The molecule has 0 aliphatic carbocycles. The lowest BCUT2D eigenvalue weighted by atomic mass is 10.1. The molecule has 0 aliphatic rings. The predicted octanol–water partition coefficient (Wildman–Crippen LogP) is 2.32. The van der Waals surface area contributed by atoms with Gasteiger partial charge in [-0.1, -0.05) is 24.3 Å². The molecule has 1 heterocycles. The van der Waals surface area contributed by atoms with Gasteiger partial charge in [-0.3, -0.25) is 0 Å². The van der Waals surface area contributed by atoms with E-state index in [4.69, 9.17) is 5.73 Å². The van der Waals surface area contributed by atoms with Crippen LogP contribution in [0.3, 0.4) is 0 Å². The molecule has 4 heteroatoms. The molecular weight excluding hydrogens is 220 g/mol. The second kappa shape index (κ2) is 4.55. The highest BCUT2D eigenvalue weighted by atomic mass is 32.1. The average molecular weight is 232 g/mol. The highest BCUT2D eigenvalue weighted by Gasteiger charge is 2.07. The topological polar surface area (TPSA) is 56.0 Å². The molecule has 1 aromatic heterocycles. The SMILES string of the molecule is Cc1ncsc1-c1ccc([C@@H](N)C=O)cc1. The predicted molar refractivity (Wildman–Crippen MR) is 65.3 cm³/mol. The van der Waals surface area contributed by atoms with Crippen LogP contribution >= 0.6 is 11.3 Å². The van der Waals surface area contributed by atoms with Gasteiger partial charge < -0.3 is 10.5 Å². The lowest BCUT2D eigenvalue weighted by molar-refractivity contribution is -0.109. The Labute approximate surface area is 97.9 Å². The van der Waals surface area contributed by atoms with Crippen LogP contribution in [0.5, 0.6) is 0 Å². The van der Waals surface area contributed by atoms with Gasteiger partial charge in [-0.05, 0) is 18.1 Å². The number of carbonyl (C=O) groups is 1. The standard InChI is InChI=1S/C12H12N2OS/c1-8-12(16-7-14-8)10-4-2-9(3-5-10)11(13)6-15/h2-7,11H,13H2,1H3/t11-/m0/s1. The van der Waals surface area contributed by atoms with Crippen molar-refractivity contribution in [1.29, 1.82) is 0 Å². The highest BCUT2D eigenvalue weighted by Crippen LogP contribution is 2.27. The first kappa shape index (κ1) is 11.0. The van der Waals surface area contributed by atoms with Crippen LogP contribution in [-0.2, 0) is 4.79 Å². The summed E-state index contributed by atoms with van der Waals surface area (Å²) in [4.78, 5) is 15.9. The fourth-order valence-electron chi connectivity index (χ4n) is 1.51. The molecular formula is C12H12N2OS. The number of aryl methyl sites for hydroxylation is 1. The second-order valence-corrected chi connectivity index (χ2v) is 4.41. The monoisotopic (exact) mass is 232 g/mol. The summed E-state index contributed by atoms with van der Waals surface area (Å²) in [6, 6.07) is 7.18. The van der Waals surface area contributed by atoms with E-state index in [0.717, 1.165) is 28.0 Å². The third-order valence-electron chi connectivity index (χ3n) is 2.45. The van der Waals surface area contributed by atoms with Crippen molar-refractivity contribution in [2.24, 2.45) is 5.73 Å². The number of nitrogens with two attached hydrogens (primary N) is 1. The number of hydrogen-bond acceptors (Lipinski definition) is 4. The zero-order valence-corrected chi connectivity index (χ0v) is 9.70. The maximum absolute atomic E-state index is 10.5. The van der Waals surface area contributed by atoms with Crippen molar-refractivity contribution in [1.82, 2.24) is 4.98 Å². The Morgan fingerprint density at radius 2 is 2.06 bits per heavy atom. The van der Waals surface area contributed by atoms with Crippen molar-refractivity contribution < 1.29 is 4.79 Å². The van der Waals surface area contributed by atoms with E-state index in [2.05, 4.69) is 4.98 Å². The number of hydrogen-bond donors (Lipinski definition) is 1. The number of rotatable bonds is 3. The van der Waals surface area contributed by atoms with E-state index in [1.54, 1.807) is 11.3 Å². The van der Waals surface area contributed by atoms with E-state index in [0.29, 0.717) is 0 Å². The van der Waals surface area contributed by atoms with E-state index in [9.17, 15) is 4.79 Å². The third-order valence-corrected chi connectivity index (χ3v) is 3.43. The summed E-state index contributed by atoms with van der Waals surface area (Å²) in [6.45, 7) is 1.98. The molecule has 0 unspecified atom stereocenters. The lowest BCUT2D eigenvalue weighted by Crippen LogP contribution is -2.10. The van der Waals surface area contributed by atoms with Gasteiger partial charge in [0.15, 0.2) is 0 Å². The maximum atomic E-state index is 10.5. The molecule has 0 radical (unpaired) electrons. The number of carbonyl (C=O) groups excluding carboxylic acids is 1. The van der Waals surface area contributed by atoms with Crippen LogP contribution in [0.15, 0.2) is 29.8 Å². The third kappa shape index (κ3) is 2.03. The molecule has 0 fully saturated rings. The van der Waals surface area contributed by atoms with Gasteiger partial charge in [0, 0.05) is 0 Å². The van der Waals surface area contributed by atoms with Crippen molar-refractivity contribution in [3.05, 3.63) is 41.0 Å². The summed E-state index contributed by atoms with van der Waals surface area (Å²) in [5.41, 5.74) is 10.4. The van der Waals surface area contributed by atoms with Crippen molar-refractivity contribution in [3.63, 3.8) is 0 Å². The summed E-state index contributed by atoms with van der Waals surface area (Å²) in [5.74, 6) is 0. The van der Waals surface area contributed by atoms with Crippen LogP contribution in [-0.4, -0.2) is 11.3 Å². The van der Waals surface area contributed by atoms with Gasteiger partial charge in [0.05, 0.1) is 22.1 Å². The Bertz CT molecular complexity index is 490. The van der Waals surface area contributed by atoms with Crippen molar-refractivity contribution in [3.8, 4) is 10.4 Å². The molecule has 2 rings (SSSR count). The molecule has 0 amide bonds. The van der Waals surface area contributed by atoms with Gasteiger partial charge in [0.25, 0.3) is 0 Å². The molecule has 0 saturated carbocycles. The molecule has 2 aromatic rings. The smallest absolute Gasteiger partial charge is 0.141 e. The minimum atomic E-state index is -0.531. The Hall–Kier alpha value is -1.52. The first-order valence-electron chi connectivity index (χ1n) is 4.93. The zero-order chi connectivity index (χ0) is 11.5. The Morgan fingerprint density at radius 1 is 1.38 bits per heavy atom. The molecule has 0 saturated heterocycles. The van der Waals surface area contributed by atoms with Crippen LogP contribution in [0.25, 0.3) is 10.4 Å². The van der Waals surface area contributed by atoms with Gasteiger partial charge in [-0.15, -0.1) is 11.3 Å². The Morgan fingerprint density at radius 3 is 2.56 bits per heavy atom. The number of benzene rings is 1. The lowest BCUT2D eigenvalue weighted by Gasteiger charge is -2.05. The summed E-state index contributed by atoms with van der Waals surface area (Å²) in [7, 11) is 0. The zero-order valence-electron chi connectivity index (χ0n) is 8.88. The van der Waals surface area contributed by atoms with Gasteiger partial charge >= 0.3 is 0 Å². The summed E-state index contributed by atoms with van der Waals surface area (Å²) >= 11 is 1.61. The molecule has 82 valence electrons. The molecule has 1 atom stereocenters. The summed E-state index contributed by atoms with van der Waals surface area (Å²) < 4.78 is 0. The molecule has 2 N–H and O–H groups in total. The van der Waals surface area contributed by atoms with E-state index in [1.807, 2.05) is 36.7 Å². The second-order valence-electron chi connectivity index (χ2n) is 3.55. The maximum Gasteiger partial charge on any atom is 0.141 e. The molecule has 0 aliphatic heterocycles. The van der Waals surface area contributed by atoms with Crippen molar-refractivity contribution >= 4 is 17.6 Å². The average Bonchev–Trinajstić information content (AvgIpc) is 2.75. The quantitative estimate of drug-likeness (QED) is 0.826. The first-order chi connectivity index (χ1) is 7.72. The van der Waals surface area contributed by atoms with Crippen molar-refractivity contribution in [2.45, 2.75) is 13.0 Å². The van der Waals surface area contributed by atoms with Gasteiger partial charge in [-0.25, -0.2) is 4.98 Å². The molecule has 16 heavy (non-hydrogen) atoms. The minimum Gasteiger partial charge on any atom is -0.318 e. The molecule has 0 bridgehead atoms. The van der Waals surface area contributed by atoms with E-state index in [1.165, 1.54) is 0 Å². The van der Waals surface area contributed by atoms with E-state index < -0.39 is 6.04 Å². The first-order valence-corrected chi connectivity index (χ1v) is 5.81. The van der Waals surface area contributed by atoms with Crippen molar-refractivity contribution in [2.75, 3.05) is 0 Å². The normalized spacial score (nSPS) is 12.4. The van der Waals surface area contributed by atoms with Gasteiger partial charge in [-0.2, -0.15) is 0 Å². The molecule has 1 aromatic carbocycles. The number of thiazole rings is 1. The van der Waals surface area contributed by atoms with Crippen LogP contribution in [0.4, 0.5) is 0 Å². The number of nitrogens with zero attached hydrogens (tertiary/aromatic N) is 1. The molecule has 0 spiro atoms. The van der Waals surface area contributed by atoms with Crippen LogP contribution in [0.2, 0.25) is 0 Å². The van der Waals surface area contributed by atoms with Gasteiger partial charge in [0.2, 0.25) is 0 Å². The van der Waals surface area contributed by atoms with E-state index >= 15 is 0 Å². The van der Waals surface area contributed by atoms with Gasteiger partial charge in [0.1, 0.15) is 6.29 Å². The largest absolute Gasteiger partial charge is 0.318 e. The van der Waals surface area contributed by atoms with Crippen LogP contribution in [0.1, 0.15) is 17.3 Å². The van der Waals surface area contributed by atoms with Crippen LogP contribution in [0, 0.1) is 6.92 Å². The van der Waals surface area contributed by atoms with E-state index in [-0.39, 0.29) is 0 Å². The number of aldehydes is 1. The van der Waals surface area contributed by atoms with Crippen LogP contribution < -0.4 is 5.73 Å².